The van der Waals surface area contributed by atoms with Crippen molar-refractivity contribution in [2.75, 3.05) is 5.32 Å². The minimum absolute atomic E-state index is 0.282. The van der Waals surface area contributed by atoms with Crippen molar-refractivity contribution >= 4 is 40.4 Å². The number of carbonyl (C=O) groups is 3. The van der Waals surface area contributed by atoms with Gasteiger partial charge in [-0.15, -0.1) is 0 Å². The fraction of sp³-hybridized carbons (Fsp3) is 0.324. The molecular formula is C37H36FN3O5. The lowest BCUT2D eigenvalue weighted by atomic mass is 9.75. The van der Waals surface area contributed by atoms with Crippen LogP contribution in [0.4, 0.5) is 10.1 Å². The molecule has 3 aromatic carbocycles. The Morgan fingerprint density at radius 1 is 0.957 bits per heavy atom. The number of carboxylic acid groups (broad SMARTS) is 1. The number of benzene rings is 3. The van der Waals surface area contributed by atoms with E-state index in [4.69, 9.17) is 9.84 Å². The number of nitrogens with one attached hydrogen (secondary N) is 2. The van der Waals surface area contributed by atoms with E-state index in [9.17, 15) is 18.8 Å². The van der Waals surface area contributed by atoms with Gasteiger partial charge in [0, 0.05) is 28.3 Å². The van der Waals surface area contributed by atoms with Crippen molar-refractivity contribution in [3.63, 3.8) is 0 Å². The molecule has 0 atom stereocenters. The maximum atomic E-state index is 14.3. The molecule has 3 N–H and O–H groups in total. The fourth-order valence-corrected chi connectivity index (χ4v) is 7.23. The van der Waals surface area contributed by atoms with Crippen molar-refractivity contribution in [3.8, 4) is 11.3 Å². The number of hydrogen-bond donors (Lipinski definition) is 3. The Labute approximate surface area is 266 Å². The monoisotopic (exact) mass is 621 g/mol. The van der Waals surface area contributed by atoms with Gasteiger partial charge >= 0.3 is 5.97 Å². The fourth-order valence-electron chi connectivity index (χ4n) is 7.23. The van der Waals surface area contributed by atoms with E-state index in [-0.39, 0.29) is 24.4 Å². The molecule has 7 rings (SSSR count). The zero-order chi connectivity index (χ0) is 31.8. The molecule has 0 saturated heterocycles. The zero-order valence-corrected chi connectivity index (χ0v) is 25.5. The van der Waals surface area contributed by atoms with E-state index in [0.717, 1.165) is 53.1 Å². The van der Waals surface area contributed by atoms with Crippen LogP contribution in [0.25, 0.3) is 28.2 Å². The molecule has 1 aliphatic heterocycles. The predicted molar refractivity (Wildman–Crippen MR) is 174 cm³/mol. The molecule has 0 radical (unpaired) electrons. The van der Waals surface area contributed by atoms with Crippen molar-refractivity contribution < 1.29 is 28.6 Å². The van der Waals surface area contributed by atoms with Gasteiger partial charge in [-0.1, -0.05) is 37.5 Å². The molecule has 2 aliphatic carbocycles. The van der Waals surface area contributed by atoms with Crippen LogP contribution in [0.1, 0.15) is 84.3 Å². The van der Waals surface area contributed by atoms with E-state index in [1.807, 2.05) is 24.3 Å². The zero-order valence-electron chi connectivity index (χ0n) is 25.5. The second kappa shape index (κ2) is 12.2. The average Bonchev–Trinajstić information content (AvgIpc) is 3.24. The highest BCUT2D eigenvalue weighted by Crippen LogP contribution is 2.46. The third-order valence-corrected chi connectivity index (χ3v) is 9.76. The van der Waals surface area contributed by atoms with Gasteiger partial charge in [0.15, 0.2) is 0 Å². The summed E-state index contributed by atoms with van der Waals surface area (Å²) in [6.07, 6.45) is 10.1. The first-order valence-corrected chi connectivity index (χ1v) is 16.0. The highest BCUT2D eigenvalue weighted by molar-refractivity contribution is 6.06. The number of fused-ring (bicyclic) bond motifs is 5. The first-order chi connectivity index (χ1) is 22.3. The first-order valence-electron chi connectivity index (χ1n) is 16.0. The minimum atomic E-state index is -1.04. The normalized spacial score (nSPS) is 17.5. The summed E-state index contributed by atoms with van der Waals surface area (Å²) < 4.78 is 22.4. The molecule has 4 aromatic rings. The number of halogens is 1. The van der Waals surface area contributed by atoms with E-state index >= 15 is 0 Å². The number of amides is 2. The van der Waals surface area contributed by atoms with Gasteiger partial charge in [-0.05, 0) is 103 Å². The highest BCUT2D eigenvalue weighted by Gasteiger charge is 2.45. The SMILES string of the molecule is O=C(O)C=Cc1ccc(NC(=O)C2(NC(=O)c3ccc4c(C5CCCCC5)c5n(c4c3)COCc3cc(F)ccc3-5)CCC2)cc1. The van der Waals surface area contributed by atoms with Gasteiger partial charge < -0.3 is 25.0 Å². The van der Waals surface area contributed by atoms with Crippen molar-refractivity contribution in [2.45, 2.75) is 76.2 Å². The summed E-state index contributed by atoms with van der Waals surface area (Å²) >= 11 is 0. The number of rotatable bonds is 7. The summed E-state index contributed by atoms with van der Waals surface area (Å²) in [5.41, 5.74) is 5.67. The predicted octanol–water partition coefficient (Wildman–Crippen LogP) is 7.37. The number of carbonyl (C=O) groups excluding carboxylic acids is 2. The van der Waals surface area contributed by atoms with Gasteiger partial charge in [0.1, 0.15) is 18.1 Å². The molecule has 2 heterocycles. The van der Waals surface area contributed by atoms with E-state index in [1.165, 1.54) is 37.0 Å². The molecule has 1 aromatic heterocycles. The topological polar surface area (TPSA) is 110 Å². The van der Waals surface area contributed by atoms with Gasteiger partial charge in [0.2, 0.25) is 5.91 Å². The molecule has 0 spiro atoms. The molecule has 2 saturated carbocycles. The van der Waals surface area contributed by atoms with Crippen molar-refractivity contribution in [1.29, 1.82) is 0 Å². The van der Waals surface area contributed by atoms with E-state index in [0.29, 0.717) is 42.2 Å². The van der Waals surface area contributed by atoms with Crippen LogP contribution in [0.15, 0.2) is 66.7 Å². The minimum Gasteiger partial charge on any atom is -0.478 e. The van der Waals surface area contributed by atoms with Gasteiger partial charge in [0.05, 0.1) is 17.8 Å². The van der Waals surface area contributed by atoms with Crippen LogP contribution in [0.3, 0.4) is 0 Å². The molecule has 0 unspecified atom stereocenters. The summed E-state index contributed by atoms with van der Waals surface area (Å²) in [5, 5.41) is 15.9. The number of ether oxygens (including phenoxy) is 1. The number of anilines is 1. The second-order valence-electron chi connectivity index (χ2n) is 12.7. The average molecular weight is 622 g/mol. The van der Waals surface area contributed by atoms with E-state index in [2.05, 4.69) is 15.2 Å². The first kappa shape index (κ1) is 29.9. The summed E-state index contributed by atoms with van der Waals surface area (Å²) in [5.74, 6) is -1.56. The van der Waals surface area contributed by atoms with Gasteiger partial charge in [-0.3, -0.25) is 9.59 Å². The smallest absolute Gasteiger partial charge is 0.328 e. The van der Waals surface area contributed by atoms with Crippen LogP contribution < -0.4 is 10.6 Å². The third kappa shape index (κ3) is 5.60. The van der Waals surface area contributed by atoms with Crippen molar-refractivity contribution in [3.05, 3.63) is 94.8 Å². The Kier molecular flexibility index (Phi) is 7.94. The number of aliphatic carboxylic acids is 1. The van der Waals surface area contributed by atoms with Gasteiger partial charge in [-0.25, -0.2) is 9.18 Å². The summed E-state index contributed by atoms with van der Waals surface area (Å²) in [6.45, 7) is 0.594. The van der Waals surface area contributed by atoms with Crippen LogP contribution in [0, 0.1) is 5.82 Å². The molecule has 46 heavy (non-hydrogen) atoms. The van der Waals surface area contributed by atoms with Crippen molar-refractivity contribution in [2.24, 2.45) is 0 Å². The van der Waals surface area contributed by atoms with E-state index < -0.39 is 11.5 Å². The molecule has 236 valence electrons. The molecule has 8 nitrogen and oxygen atoms in total. The number of aromatic nitrogens is 1. The lowest BCUT2D eigenvalue weighted by Gasteiger charge is -2.40. The number of hydrogen-bond acceptors (Lipinski definition) is 4. The maximum absolute atomic E-state index is 14.3. The molecule has 9 heteroatoms. The standard InChI is InChI=1S/C37H36FN3O5/c38-27-11-15-29-26(19-27)21-46-22-41-31-20-25(10-14-30(31)33(34(29)41)24-5-2-1-3-6-24)35(44)40-37(17-4-18-37)36(45)39-28-12-7-23(8-13-28)9-16-32(42)43/h7-16,19-20,24H,1-6,17-18,21-22H2,(H,39,45)(H,40,44)(H,42,43). The van der Waals surface area contributed by atoms with Crippen LogP contribution in [-0.4, -0.2) is 33.0 Å². The van der Waals surface area contributed by atoms with Crippen molar-refractivity contribution in [1.82, 2.24) is 9.88 Å². The molecule has 2 fully saturated rings. The third-order valence-electron chi connectivity index (χ3n) is 9.76. The quantitative estimate of drug-likeness (QED) is 0.187. The number of carboxylic acids is 1. The van der Waals surface area contributed by atoms with Crippen LogP contribution in [-0.2, 0) is 27.7 Å². The molecule has 0 bridgehead atoms. The summed E-state index contributed by atoms with van der Waals surface area (Å²) in [6, 6.07) is 17.5. The Bertz CT molecular complexity index is 1870. The lowest BCUT2D eigenvalue weighted by molar-refractivity contribution is -0.131. The number of nitrogens with zero attached hydrogens (tertiary/aromatic N) is 1. The molecule has 3 aliphatic rings. The molecule has 2 amide bonds. The lowest BCUT2D eigenvalue weighted by Crippen LogP contribution is -2.61. The van der Waals surface area contributed by atoms with Crippen LogP contribution in [0.5, 0.6) is 0 Å². The summed E-state index contributed by atoms with van der Waals surface area (Å²) in [4.78, 5) is 38.0. The Morgan fingerprint density at radius 2 is 1.74 bits per heavy atom. The second-order valence-corrected chi connectivity index (χ2v) is 12.7. The summed E-state index contributed by atoms with van der Waals surface area (Å²) in [7, 11) is 0. The van der Waals surface area contributed by atoms with Crippen LogP contribution >= 0.6 is 0 Å². The van der Waals surface area contributed by atoms with E-state index in [1.54, 1.807) is 30.3 Å². The largest absolute Gasteiger partial charge is 0.478 e. The van der Waals surface area contributed by atoms with Gasteiger partial charge in [-0.2, -0.15) is 0 Å². The van der Waals surface area contributed by atoms with Gasteiger partial charge in [0.25, 0.3) is 5.91 Å². The molecular weight excluding hydrogens is 585 g/mol. The van der Waals surface area contributed by atoms with Crippen LogP contribution in [0.2, 0.25) is 0 Å². The Morgan fingerprint density at radius 3 is 2.46 bits per heavy atom. The maximum Gasteiger partial charge on any atom is 0.328 e. The highest BCUT2D eigenvalue weighted by atomic mass is 19.1. The Hall–Kier alpha value is -4.76. The Balaban J connectivity index is 1.19.